The molecule has 1 atom stereocenters. The summed E-state index contributed by atoms with van der Waals surface area (Å²) in [5, 5.41) is 17.4. The molecule has 0 aromatic heterocycles. The number of halogens is 1. The van der Waals surface area contributed by atoms with Gasteiger partial charge in [0.2, 0.25) is 0 Å². The Morgan fingerprint density at radius 2 is 2.27 bits per heavy atom. The van der Waals surface area contributed by atoms with Crippen molar-refractivity contribution in [3.63, 3.8) is 0 Å². The van der Waals surface area contributed by atoms with Crippen LogP contribution in [0.3, 0.4) is 0 Å². The molecule has 0 aliphatic carbocycles. The number of hydrogen-bond acceptors (Lipinski definition) is 2. The number of nitriles is 1. The van der Waals surface area contributed by atoms with Gasteiger partial charge in [-0.1, -0.05) is 28.1 Å². The predicted molar refractivity (Wildman–Crippen MR) is 44.7 cm³/mol. The Hall–Kier alpha value is -0.850. The standard InChI is InChI=1S/C8H6BrNO/c9-7-3-1-2-6(4-7)8(11)5-10/h1-4,8,11H/t8-/m1/s1. The van der Waals surface area contributed by atoms with Gasteiger partial charge in [0.15, 0.2) is 6.10 Å². The molecule has 0 unspecified atom stereocenters. The zero-order valence-electron chi connectivity index (χ0n) is 5.66. The summed E-state index contributed by atoms with van der Waals surface area (Å²) in [7, 11) is 0. The first-order valence-corrected chi connectivity index (χ1v) is 3.86. The summed E-state index contributed by atoms with van der Waals surface area (Å²) in [6.07, 6.45) is -1.02. The topological polar surface area (TPSA) is 44.0 Å². The van der Waals surface area contributed by atoms with E-state index in [4.69, 9.17) is 10.4 Å². The van der Waals surface area contributed by atoms with E-state index in [1.165, 1.54) is 0 Å². The van der Waals surface area contributed by atoms with E-state index in [1.807, 2.05) is 6.07 Å². The lowest BCUT2D eigenvalue weighted by molar-refractivity contribution is 0.236. The van der Waals surface area contributed by atoms with Crippen LogP contribution in [0.1, 0.15) is 11.7 Å². The fourth-order valence-corrected chi connectivity index (χ4v) is 1.17. The Labute approximate surface area is 73.2 Å². The van der Waals surface area contributed by atoms with Crippen LogP contribution < -0.4 is 0 Å². The summed E-state index contributed by atoms with van der Waals surface area (Å²) in [4.78, 5) is 0. The smallest absolute Gasteiger partial charge is 0.165 e. The van der Waals surface area contributed by atoms with Crippen LogP contribution >= 0.6 is 15.9 Å². The summed E-state index contributed by atoms with van der Waals surface area (Å²) in [6, 6.07) is 8.78. The van der Waals surface area contributed by atoms with Crippen LogP contribution in [0, 0.1) is 11.3 Å². The average molecular weight is 212 g/mol. The number of benzene rings is 1. The fourth-order valence-electron chi connectivity index (χ4n) is 0.751. The molecule has 0 aliphatic rings. The lowest BCUT2D eigenvalue weighted by Gasteiger charge is -2.00. The van der Waals surface area contributed by atoms with E-state index in [9.17, 15) is 0 Å². The first-order chi connectivity index (χ1) is 5.24. The summed E-state index contributed by atoms with van der Waals surface area (Å²) in [5.41, 5.74) is 0.613. The Bertz CT molecular complexity index is 292. The molecule has 1 N–H and O–H groups in total. The SMILES string of the molecule is N#C[C@@H](O)c1cccc(Br)c1. The molecule has 1 rings (SSSR count). The molecule has 1 aromatic rings. The third-order valence-corrected chi connectivity index (χ3v) is 1.78. The van der Waals surface area contributed by atoms with Crippen molar-refractivity contribution >= 4 is 15.9 Å². The lowest BCUT2D eigenvalue weighted by Crippen LogP contribution is -1.91. The molecule has 11 heavy (non-hydrogen) atoms. The van der Waals surface area contributed by atoms with Crippen LogP contribution in [-0.4, -0.2) is 5.11 Å². The quantitative estimate of drug-likeness (QED) is 0.723. The number of aliphatic hydroxyl groups is 1. The van der Waals surface area contributed by atoms with Crippen molar-refractivity contribution in [2.75, 3.05) is 0 Å². The second-order valence-corrected chi connectivity index (χ2v) is 3.00. The van der Waals surface area contributed by atoms with Crippen molar-refractivity contribution in [3.8, 4) is 6.07 Å². The Balaban J connectivity index is 2.98. The van der Waals surface area contributed by atoms with Crippen LogP contribution in [0.25, 0.3) is 0 Å². The second kappa shape index (κ2) is 3.51. The molecule has 56 valence electrons. The lowest BCUT2D eigenvalue weighted by atomic mass is 10.1. The van der Waals surface area contributed by atoms with Gasteiger partial charge in [-0.2, -0.15) is 5.26 Å². The van der Waals surface area contributed by atoms with E-state index >= 15 is 0 Å². The maximum absolute atomic E-state index is 9.07. The fraction of sp³-hybridized carbons (Fsp3) is 0.125. The van der Waals surface area contributed by atoms with E-state index in [0.717, 1.165) is 4.47 Å². The highest BCUT2D eigenvalue weighted by Crippen LogP contribution is 2.16. The van der Waals surface area contributed by atoms with Crippen molar-refractivity contribution in [1.29, 1.82) is 5.26 Å². The Kier molecular flexibility index (Phi) is 2.64. The van der Waals surface area contributed by atoms with Gasteiger partial charge in [0.25, 0.3) is 0 Å². The summed E-state index contributed by atoms with van der Waals surface area (Å²) in [5.74, 6) is 0. The molecule has 1 aromatic carbocycles. The molecule has 0 amide bonds. The minimum atomic E-state index is -1.02. The van der Waals surface area contributed by atoms with Crippen LogP contribution in [0.2, 0.25) is 0 Å². The molecule has 3 heteroatoms. The molecule has 0 spiro atoms. The molecule has 2 nitrogen and oxygen atoms in total. The second-order valence-electron chi connectivity index (χ2n) is 2.09. The van der Waals surface area contributed by atoms with Crippen LogP contribution in [0.15, 0.2) is 28.7 Å². The molecule has 0 saturated carbocycles. The monoisotopic (exact) mass is 211 g/mol. The van der Waals surface area contributed by atoms with E-state index in [2.05, 4.69) is 15.9 Å². The highest BCUT2D eigenvalue weighted by Gasteiger charge is 2.03. The van der Waals surface area contributed by atoms with Crippen LogP contribution in [0.5, 0.6) is 0 Å². The zero-order valence-corrected chi connectivity index (χ0v) is 7.25. The van der Waals surface area contributed by atoms with Crippen LogP contribution in [-0.2, 0) is 0 Å². The van der Waals surface area contributed by atoms with Gasteiger partial charge in [-0.05, 0) is 17.7 Å². The maximum atomic E-state index is 9.07. The molecule has 0 bridgehead atoms. The number of rotatable bonds is 1. The normalized spacial score (nSPS) is 12.1. The number of nitrogens with zero attached hydrogens (tertiary/aromatic N) is 1. The highest BCUT2D eigenvalue weighted by molar-refractivity contribution is 9.10. The van der Waals surface area contributed by atoms with E-state index in [0.29, 0.717) is 5.56 Å². The molecule has 0 heterocycles. The third-order valence-electron chi connectivity index (χ3n) is 1.29. The Morgan fingerprint density at radius 3 is 2.82 bits per heavy atom. The molecule has 0 saturated heterocycles. The van der Waals surface area contributed by atoms with Gasteiger partial charge >= 0.3 is 0 Å². The van der Waals surface area contributed by atoms with Gasteiger partial charge in [-0.3, -0.25) is 0 Å². The molecular weight excluding hydrogens is 206 g/mol. The van der Waals surface area contributed by atoms with Crippen molar-refractivity contribution in [3.05, 3.63) is 34.3 Å². The minimum Gasteiger partial charge on any atom is -0.374 e. The van der Waals surface area contributed by atoms with E-state index in [1.54, 1.807) is 24.3 Å². The number of aliphatic hydroxyl groups excluding tert-OH is 1. The zero-order chi connectivity index (χ0) is 8.27. The molecule has 0 fully saturated rings. The summed E-state index contributed by atoms with van der Waals surface area (Å²) in [6.45, 7) is 0. The van der Waals surface area contributed by atoms with Gasteiger partial charge in [-0.25, -0.2) is 0 Å². The van der Waals surface area contributed by atoms with Gasteiger partial charge in [0.1, 0.15) is 0 Å². The van der Waals surface area contributed by atoms with E-state index in [-0.39, 0.29) is 0 Å². The first-order valence-electron chi connectivity index (χ1n) is 3.07. The maximum Gasteiger partial charge on any atom is 0.165 e. The van der Waals surface area contributed by atoms with Crippen molar-refractivity contribution in [1.82, 2.24) is 0 Å². The van der Waals surface area contributed by atoms with Gasteiger partial charge in [-0.15, -0.1) is 0 Å². The van der Waals surface area contributed by atoms with E-state index < -0.39 is 6.10 Å². The third kappa shape index (κ3) is 2.04. The molecule has 0 aliphatic heterocycles. The minimum absolute atomic E-state index is 0.613. The number of hydrogen-bond donors (Lipinski definition) is 1. The largest absolute Gasteiger partial charge is 0.374 e. The van der Waals surface area contributed by atoms with Crippen LogP contribution in [0.4, 0.5) is 0 Å². The highest BCUT2D eigenvalue weighted by atomic mass is 79.9. The van der Waals surface area contributed by atoms with Crippen molar-refractivity contribution in [2.24, 2.45) is 0 Å². The van der Waals surface area contributed by atoms with Gasteiger partial charge < -0.3 is 5.11 Å². The van der Waals surface area contributed by atoms with Crippen molar-refractivity contribution in [2.45, 2.75) is 6.10 Å². The Morgan fingerprint density at radius 1 is 1.55 bits per heavy atom. The summed E-state index contributed by atoms with van der Waals surface area (Å²) < 4.78 is 0.865. The first kappa shape index (κ1) is 8.25. The molecule has 0 radical (unpaired) electrons. The van der Waals surface area contributed by atoms with Gasteiger partial charge in [0, 0.05) is 4.47 Å². The summed E-state index contributed by atoms with van der Waals surface area (Å²) >= 11 is 3.24. The predicted octanol–water partition coefficient (Wildman–Crippen LogP) is 2.01. The average Bonchev–Trinajstić information content (AvgIpc) is 2.03. The van der Waals surface area contributed by atoms with Crippen molar-refractivity contribution < 1.29 is 5.11 Å². The van der Waals surface area contributed by atoms with Gasteiger partial charge in [0.05, 0.1) is 6.07 Å². The molecular formula is C8H6BrNO.